The highest BCUT2D eigenvalue weighted by Crippen LogP contribution is 2.27. The first-order chi connectivity index (χ1) is 6.84. The van der Waals surface area contributed by atoms with E-state index < -0.39 is 8.08 Å². The lowest BCUT2D eigenvalue weighted by molar-refractivity contribution is 0.474. The summed E-state index contributed by atoms with van der Waals surface area (Å²) in [5.74, 6) is 0.973. The first-order valence-electron chi connectivity index (χ1n) is 3.78. The topological polar surface area (TPSA) is 73.9 Å². The van der Waals surface area contributed by atoms with Gasteiger partial charge in [0.1, 0.15) is 20.0 Å². The molecule has 0 spiro atoms. The van der Waals surface area contributed by atoms with E-state index in [-0.39, 0.29) is 5.75 Å². The second kappa shape index (κ2) is 4.56. The second-order valence-electron chi connectivity index (χ2n) is 2.40. The summed E-state index contributed by atoms with van der Waals surface area (Å²) < 4.78 is 15.8. The van der Waals surface area contributed by atoms with Crippen LogP contribution in [0.1, 0.15) is 0 Å². The van der Waals surface area contributed by atoms with E-state index in [2.05, 4.69) is 13.5 Å². The zero-order valence-corrected chi connectivity index (χ0v) is 9.80. The molecule has 0 bridgehead atoms. The summed E-state index contributed by atoms with van der Waals surface area (Å²) >= 11 is 0. The van der Waals surface area contributed by atoms with Gasteiger partial charge in [-0.05, 0) is 24.3 Å². The van der Waals surface area contributed by atoms with Gasteiger partial charge in [-0.1, -0.05) is 0 Å². The van der Waals surface area contributed by atoms with E-state index in [0.717, 1.165) is 14.3 Å². The Labute approximate surface area is 84.6 Å². The average Bonchev–Trinajstić information content (AvgIpc) is 2.23. The molecule has 0 saturated heterocycles. The van der Waals surface area contributed by atoms with E-state index in [1.54, 1.807) is 24.3 Å². The molecule has 0 aliphatic heterocycles. The Hall–Kier alpha value is -0.880. The van der Waals surface area contributed by atoms with Crippen LogP contribution >= 0.6 is 25.1 Å². The molecule has 1 aromatic heterocycles. The molecule has 0 fully saturated rings. The van der Waals surface area contributed by atoms with Gasteiger partial charge in [-0.3, -0.25) is 9.02 Å². The second-order valence-corrected chi connectivity index (χ2v) is 6.09. The molecule has 74 valence electrons. The van der Waals surface area contributed by atoms with E-state index in [4.69, 9.17) is 9.63 Å². The summed E-state index contributed by atoms with van der Waals surface area (Å²) in [4.78, 5) is 0. The van der Waals surface area contributed by atoms with Crippen LogP contribution < -0.4 is 4.52 Å². The fourth-order valence-electron chi connectivity index (χ4n) is 0.836. The lowest BCUT2D eigenvalue weighted by atomic mass is 10.3. The molecule has 3 N–H and O–H groups in total. The Morgan fingerprint density at radius 3 is 2.86 bits per heavy atom. The van der Waals surface area contributed by atoms with Gasteiger partial charge in [0.25, 0.3) is 0 Å². The maximum Gasteiger partial charge on any atom is 0.238 e. The number of phenolic OH excluding ortho intramolecular Hbond substituents is 1. The molecule has 0 saturated carbocycles. The Bertz CT molecular complexity index is 410. The smallest absolute Gasteiger partial charge is 0.238 e. The van der Waals surface area contributed by atoms with Crippen LogP contribution in [-0.4, -0.2) is 18.6 Å². The van der Waals surface area contributed by atoms with Gasteiger partial charge in [0, 0.05) is 8.51 Å². The third kappa shape index (κ3) is 2.55. The Kier molecular flexibility index (Phi) is 3.15. The number of hydrogen-bond donors (Lipinski definition) is 3. The van der Waals surface area contributed by atoms with Gasteiger partial charge in [-0.2, -0.15) is 4.51 Å². The standard InChI is InChI=1S/C6H8N3O2P3/c10-5-1-3-6(4-2-5)11-14-8-12-7-13-9-14/h1-4,8,10,12H,(H,7,9). The maximum absolute atomic E-state index is 9.07. The Balaban J connectivity index is 2.16. The Morgan fingerprint density at radius 2 is 2.21 bits per heavy atom. The molecular formula is C6H8N3O2P3. The number of nitrogens with one attached hydrogen (secondary N) is 2. The number of rotatable bonds is 2. The van der Waals surface area contributed by atoms with Crippen LogP contribution in [0.5, 0.6) is 11.5 Å². The van der Waals surface area contributed by atoms with Crippen molar-refractivity contribution in [2.24, 2.45) is 0 Å². The van der Waals surface area contributed by atoms with Gasteiger partial charge in [0.05, 0.1) is 0 Å². The fraction of sp³-hybridized carbons (Fsp3) is 0. The normalized spacial score (nSPS) is 12.1. The molecule has 2 unspecified atom stereocenters. The van der Waals surface area contributed by atoms with Gasteiger partial charge < -0.3 is 9.63 Å². The highest BCUT2D eigenvalue weighted by atomic mass is 31.2. The molecule has 2 atom stereocenters. The van der Waals surface area contributed by atoms with E-state index in [1.165, 1.54) is 0 Å². The minimum absolute atomic E-state index is 0.240. The number of benzene rings is 1. The quantitative estimate of drug-likeness (QED) is 0.763. The third-order valence-corrected chi connectivity index (χ3v) is 4.91. The van der Waals surface area contributed by atoms with Crippen LogP contribution in [0.4, 0.5) is 0 Å². The maximum atomic E-state index is 9.07. The van der Waals surface area contributed by atoms with Crippen molar-refractivity contribution in [2.45, 2.75) is 0 Å². The molecule has 14 heavy (non-hydrogen) atoms. The van der Waals surface area contributed by atoms with Crippen molar-refractivity contribution < 1.29 is 9.63 Å². The van der Waals surface area contributed by atoms with Crippen LogP contribution in [0.2, 0.25) is 0 Å². The first-order valence-corrected chi connectivity index (χ1v) is 6.83. The molecule has 0 radical (unpaired) electrons. The minimum atomic E-state index is -0.833. The first kappa shape index (κ1) is 9.67. The number of aromatic amines is 2. The molecular weight excluding hydrogens is 239 g/mol. The van der Waals surface area contributed by atoms with Gasteiger partial charge >= 0.3 is 0 Å². The van der Waals surface area contributed by atoms with E-state index in [1.807, 2.05) is 0 Å². The predicted molar refractivity (Wildman–Crippen MR) is 59.4 cm³/mol. The molecule has 0 amide bonds. The number of phenols is 1. The summed E-state index contributed by atoms with van der Waals surface area (Å²) in [6.45, 7) is 0. The number of aromatic nitrogens is 3. The molecule has 0 aliphatic rings. The lowest BCUT2D eigenvalue weighted by Gasteiger charge is -2.03. The SMILES string of the molecule is Oc1ccc(Op2[nH]pn[pH][nH]2)cc1. The van der Waals surface area contributed by atoms with Crippen molar-refractivity contribution in [1.82, 2.24) is 13.5 Å². The summed E-state index contributed by atoms with van der Waals surface area (Å²) in [6, 6.07) is 6.65. The van der Waals surface area contributed by atoms with Crippen LogP contribution in [0.15, 0.2) is 24.3 Å². The van der Waals surface area contributed by atoms with Gasteiger partial charge in [0.2, 0.25) is 8.08 Å². The van der Waals surface area contributed by atoms with Gasteiger partial charge in [0.15, 0.2) is 0 Å². The van der Waals surface area contributed by atoms with E-state index in [0.29, 0.717) is 8.51 Å². The zero-order chi connectivity index (χ0) is 9.80. The molecule has 8 heteroatoms. The third-order valence-electron chi connectivity index (χ3n) is 1.42. The molecule has 2 aromatic rings. The van der Waals surface area contributed by atoms with Gasteiger partial charge in [-0.25, -0.2) is 0 Å². The van der Waals surface area contributed by atoms with Crippen LogP contribution in [0.25, 0.3) is 0 Å². The van der Waals surface area contributed by atoms with Crippen LogP contribution in [0.3, 0.4) is 0 Å². The van der Waals surface area contributed by atoms with Crippen molar-refractivity contribution in [1.29, 1.82) is 0 Å². The monoisotopic (exact) mass is 247 g/mol. The number of nitrogens with zero attached hydrogens (tertiary/aromatic N) is 1. The fourth-order valence-corrected chi connectivity index (χ4v) is 4.22. The summed E-state index contributed by atoms with van der Waals surface area (Å²) in [6.07, 6.45) is 0. The Morgan fingerprint density at radius 1 is 1.43 bits per heavy atom. The van der Waals surface area contributed by atoms with E-state index >= 15 is 0 Å². The highest BCUT2D eigenvalue weighted by molar-refractivity contribution is 7.50. The van der Waals surface area contributed by atoms with Crippen LogP contribution in [0, 0.1) is 0 Å². The van der Waals surface area contributed by atoms with Crippen molar-refractivity contribution >= 4 is 25.1 Å². The van der Waals surface area contributed by atoms with Gasteiger partial charge in [-0.15, -0.1) is 0 Å². The van der Waals surface area contributed by atoms with Crippen molar-refractivity contribution in [2.75, 3.05) is 0 Å². The molecule has 1 heterocycles. The molecule has 1 aromatic carbocycles. The largest absolute Gasteiger partial charge is 0.508 e. The summed E-state index contributed by atoms with van der Waals surface area (Å²) in [5, 5.41) is 9.07. The lowest BCUT2D eigenvalue weighted by Crippen LogP contribution is -1.81. The molecule has 5 nitrogen and oxygen atoms in total. The predicted octanol–water partition coefficient (Wildman–Crippen LogP) is 3.01. The average molecular weight is 247 g/mol. The van der Waals surface area contributed by atoms with Crippen molar-refractivity contribution in [3.05, 3.63) is 24.3 Å². The number of hydrogen-bond acceptors (Lipinski definition) is 3. The summed E-state index contributed by atoms with van der Waals surface area (Å²) in [5.41, 5.74) is 0. The molecule has 0 aliphatic carbocycles. The number of aromatic hydroxyl groups is 1. The van der Waals surface area contributed by atoms with Crippen LogP contribution in [-0.2, 0) is 0 Å². The zero-order valence-electron chi connectivity index (χ0n) is 7.01. The minimum Gasteiger partial charge on any atom is -0.508 e. The van der Waals surface area contributed by atoms with E-state index in [9.17, 15) is 0 Å². The van der Waals surface area contributed by atoms with Crippen molar-refractivity contribution in [3.8, 4) is 11.5 Å². The van der Waals surface area contributed by atoms with Crippen molar-refractivity contribution in [3.63, 3.8) is 0 Å². The highest BCUT2D eigenvalue weighted by Gasteiger charge is 1.95. The molecule has 2 rings (SSSR count). The number of H-pyrrole nitrogens is 2. The summed E-state index contributed by atoms with van der Waals surface area (Å²) in [7, 11) is 0.411.